The van der Waals surface area contributed by atoms with Crippen molar-refractivity contribution in [2.45, 2.75) is 18.4 Å². The zero-order valence-corrected chi connectivity index (χ0v) is 14.9. The molecular formula is C16H18F2N4O3S. The van der Waals surface area contributed by atoms with Crippen molar-refractivity contribution < 1.29 is 21.9 Å². The number of rotatable bonds is 5. The molecule has 1 aromatic carbocycles. The lowest BCUT2D eigenvalue weighted by Gasteiger charge is -2.27. The van der Waals surface area contributed by atoms with Gasteiger partial charge in [0.15, 0.2) is 0 Å². The number of benzene rings is 1. The molecule has 10 heteroatoms. The molecule has 1 fully saturated rings. The number of aromatic nitrogens is 2. The van der Waals surface area contributed by atoms with Crippen LogP contribution >= 0.6 is 0 Å². The van der Waals surface area contributed by atoms with Gasteiger partial charge in [-0.15, -0.1) is 0 Å². The van der Waals surface area contributed by atoms with Crippen LogP contribution in [0.1, 0.15) is 11.4 Å². The van der Waals surface area contributed by atoms with Crippen molar-refractivity contribution in [1.29, 1.82) is 0 Å². The van der Waals surface area contributed by atoms with Crippen LogP contribution in [0, 0.1) is 18.6 Å². The van der Waals surface area contributed by atoms with E-state index in [2.05, 4.69) is 14.7 Å². The van der Waals surface area contributed by atoms with E-state index >= 15 is 0 Å². The summed E-state index contributed by atoms with van der Waals surface area (Å²) in [5.74, 6) is -1.50. The first-order chi connectivity index (χ1) is 12.3. The van der Waals surface area contributed by atoms with Gasteiger partial charge in [-0.05, 0) is 25.1 Å². The molecule has 3 rings (SSSR count). The lowest BCUT2D eigenvalue weighted by Crippen LogP contribution is -2.37. The molecule has 1 aliphatic rings. The molecule has 0 amide bonds. The second-order valence-electron chi connectivity index (χ2n) is 5.80. The van der Waals surface area contributed by atoms with Crippen LogP contribution in [0.25, 0.3) is 0 Å². The molecule has 2 heterocycles. The van der Waals surface area contributed by atoms with E-state index in [9.17, 15) is 17.2 Å². The van der Waals surface area contributed by atoms with E-state index in [1.807, 2.05) is 4.90 Å². The Hall–Kier alpha value is -2.17. The van der Waals surface area contributed by atoms with Crippen LogP contribution in [-0.4, -0.2) is 44.7 Å². The topological polar surface area (TPSA) is 84.4 Å². The SMILES string of the molecule is Cc1cc(CNS(=O)(=O)c2ccc(F)cc2F)nc(N2CCOCC2)n1. The number of hydrogen-bond donors (Lipinski definition) is 1. The number of anilines is 1. The van der Waals surface area contributed by atoms with Gasteiger partial charge < -0.3 is 9.64 Å². The smallest absolute Gasteiger partial charge is 0.243 e. The van der Waals surface area contributed by atoms with Crippen molar-refractivity contribution in [3.05, 3.63) is 47.3 Å². The maximum Gasteiger partial charge on any atom is 0.243 e. The molecule has 0 spiro atoms. The number of morpholine rings is 1. The van der Waals surface area contributed by atoms with Crippen LogP contribution in [0.5, 0.6) is 0 Å². The molecule has 1 saturated heterocycles. The summed E-state index contributed by atoms with van der Waals surface area (Å²) in [4.78, 5) is 10.1. The second kappa shape index (κ2) is 7.60. The highest BCUT2D eigenvalue weighted by Crippen LogP contribution is 2.16. The van der Waals surface area contributed by atoms with Gasteiger partial charge in [0, 0.05) is 24.8 Å². The zero-order chi connectivity index (χ0) is 18.7. The molecule has 0 aliphatic carbocycles. The predicted octanol–water partition coefficient (Wildman–Crippen LogP) is 1.38. The molecule has 1 N–H and O–H groups in total. The first kappa shape index (κ1) is 18.6. The zero-order valence-electron chi connectivity index (χ0n) is 14.1. The van der Waals surface area contributed by atoms with E-state index in [-0.39, 0.29) is 6.54 Å². The highest BCUT2D eigenvalue weighted by Gasteiger charge is 2.20. The summed E-state index contributed by atoms with van der Waals surface area (Å²) in [5, 5.41) is 0. The average molecular weight is 384 g/mol. The highest BCUT2D eigenvalue weighted by atomic mass is 32.2. The van der Waals surface area contributed by atoms with Gasteiger partial charge in [0.25, 0.3) is 0 Å². The van der Waals surface area contributed by atoms with Crippen molar-refractivity contribution in [1.82, 2.24) is 14.7 Å². The fourth-order valence-corrected chi connectivity index (χ4v) is 3.61. The summed E-state index contributed by atoms with van der Waals surface area (Å²) in [6.07, 6.45) is 0. The van der Waals surface area contributed by atoms with E-state index in [1.165, 1.54) is 0 Å². The van der Waals surface area contributed by atoms with Crippen molar-refractivity contribution in [3.8, 4) is 0 Å². The Morgan fingerprint density at radius 1 is 1.19 bits per heavy atom. The quantitative estimate of drug-likeness (QED) is 0.839. The third kappa shape index (κ3) is 4.32. The minimum absolute atomic E-state index is 0.139. The highest BCUT2D eigenvalue weighted by molar-refractivity contribution is 7.89. The van der Waals surface area contributed by atoms with Crippen molar-refractivity contribution in [3.63, 3.8) is 0 Å². The summed E-state index contributed by atoms with van der Waals surface area (Å²) < 4.78 is 58.8. The minimum Gasteiger partial charge on any atom is -0.378 e. The Morgan fingerprint density at radius 2 is 1.92 bits per heavy atom. The van der Waals surface area contributed by atoms with Gasteiger partial charge in [-0.1, -0.05) is 0 Å². The van der Waals surface area contributed by atoms with Crippen LogP contribution in [0.15, 0.2) is 29.2 Å². The molecule has 140 valence electrons. The number of nitrogens with one attached hydrogen (secondary N) is 1. The molecule has 7 nitrogen and oxygen atoms in total. The van der Waals surface area contributed by atoms with E-state index < -0.39 is 26.6 Å². The molecule has 1 aromatic heterocycles. The number of ether oxygens (including phenoxy) is 1. The fraction of sp³-hybridized carbons (Fsp3) is 0.375. The lowest BCUT2D eigenvalue weighted by atomic mass is 10.3. The van der Waals surface area contributed by atoms with Gasteiger partial charge in [0.2, 0.25) is 16.0 Å². The van der Waals surface area contributed by atoms with E-state index in [0.29, 0.717) is 49.7 Å². The van der Waals surface area contributed by atoms with Crippen LogP contribution in [0.4, 0.5) is 14.7 Å². The number of aryl methyl sites for hydroxylation is 1. The number of nitrogens with zero attached hydrogens (tertiary/aromatic N) is 3. The van der Waals surface area contributed by atoms with Crippen LogP contribution in [-0.2, 0) is 21.3 Å². The Labute approximate surface area is 150 Å². The molecule has 2 aromatic rings. The monoisotopic (exact) mass is 384 g/mol. The van der Waals surface area contributed by atoms with Crippen molar-refractivity contribution >= 4 is 16.0 Å². The minimum atomic E-state index is -4.14. The maximum absolute atomic E-state index is 13.7. The largest absolute Gasteiger partial charge is 0.378 e. The summed E-state index contributed by atoms with van der Waals surface area (Å²) in [7, 11) is -4.14. The number of halogens is 2. The van der Waals surface area contributed by atoms with Gasteiger partial charge in [-0.2, -0.15) is 0 Å². The summed E-state index contributed by atoms with van der Waals surface area (Å²) in [5.41, 5.74) is 1.13. The van der Waals surface area contributed by atoms with Gasteiger partial charge in [-0.3, -0.25) is 0 Å². The first-order valence-electron chi connectivity index (χ1n) is 7.97. The Kier molecular flexibility index (Phi) is 5.44. The van der Waals surface area contributed by atoms with E-state index in [0.717, 1.165) is 12.1 Å². The number of sulfonamides is 1. The van der Waals surface area contributed by atoms with Crippen molar-refractivity contribution in [2.75, 3.05) is 31.2 Å². The molecule has 0 atom stereocenters. The molecule has 0 saturated carbocycles. The Bertz CT molecular complexity index is 902. The number of hydrogen-bond acceptors (Lipinski definition) is 6. The maximum atomic E-state index is 13.7. The molecule has 26 heavy (non-hydrogen) atoms. The van der Waals surface area contributed by atoms with Crippen LogP contribution in [0.2, 0.25) is 0 Å². The van der Waals surface area contributed by atoms with Crippen molar-refractivity contribution in [2.24, 2.45) is 0 Å². The Balaban J connectivity index is 1.77. The van der Waals surface area contributed by atoms with Gasteiger partial charge in [0.05, 0.1) is 25.5 Å². The van der Waals surface area contributed by atoms with E-state index in [1.54, 1.807) is 13.0 Å². The fourth-order valence-electron chi connectivity index (χ4n) is 2.55. The molecule has 0 bridgehead atoms. The first-order valence-corrected chi connectivity index (χ1v) is 9.45. The van der Waals surface area contributed by atoms with Gasteiger partial charge >= 0.3 is 0 Å². The molecular weight excluding hydrogens is 366 g/mol. The standard InChI is InChI=1S/C16H18F2N4O3S/c1-11-8-13(21-16(20-11)22-4-6-25-7-5-22)10-19-26(23,24)15-3-2-12(17)9-14(15)18/h2-3,8-9,19H,4-7,10H2,1H3. The summed E-state index contributed by atoms with van der Waals surface area (Å²) in [6, 6.07) is 3.95. The predicted molar refractivity (Wildman–Crippen MR) is 90.2 cm³/mol. The normalized spacial score (nSPS) is 15.3. The van der Waals surface area contributed by atoms with Gasteiger partial charge in [0.1, 0.15) is 16.5 Å². The molecule has 1 aliphatic heterocycles. The summed E-state index contributed by atoms with van der Waals surface area (Å²) >= 11 is 0. The third-order valence-electron chi connectivity index (χ3n) is 3.82. The second-order valence-corrected chi connectivity index (χ2v) is 7.53. The third-order valence-corrected chi connectivity index (χ3v) is 5.25. The molecule has 0 radical (unpaired) electrons. The van der Waals surface area contributed by atoms with Crippen LogP contribution < -0.4 is 9.62 Å². The van der Waals surface area contributed by atoms with Gasteiger partial charge in [-0.25, -0.2) is 31.9 Å². The Morgan fingerprint density at radius 3 is 2.62 bits per heavy atom. The summed E-state index contributed by atoms with van der Waals surface area (Å²) in [6.45, 7) is 4.08. The van der Waals surface area contributed by atoms with Crippen LogP contribution in [0.3, 0.4) is 0 Å². The molecule has 0 unspecified atom stereocenters. The average Bonchev–Trinajstić information content (AvgIpc) is 2.60. The lowest BCUT2D eigenvalue weighted by molar-refractivity contribution is 0.122. The van der Waals surface area contributed by atoms with E-state index in [4.69, 9.17) is 4.74 Å².